The molecule has 2 aliphatic heterocycles. The van der Waals surface area contributed by atoms with Crippen molar-refractivity contribution in [1.82, 2.24) is 15.5 Å². The van der Waals surface area contributed by atoms with Crippen LogP contribution in [0, 0.1) is 5.92 Å². The minimum atomic E-state index is -0.274. The van der Waals surface area contributed by atoms with Gasteiger partial charge in [-0.3, -0.25) is 9.59 Å². The van der Waals surface area contributed by atoms with Crippen LogP contribution in [-0.2, 0) is 9.59 Å². The minimum absolute atomic E-state index is 0.00358. The van der Waals surface area contributed by atoms with Crippen LogP contribution in [-0.4, -0.2) is 69.6 Å². The summed E-state index contributed by atoms with van der Waals surface area (Å²) in [4.78, 5) is 28.8. The van der Waals surface area contributed by atoms with Gasteiger partial charge in [-0.1, -0.05) is 0 Å². The number of ether oxygens (including phenoxy) is 1. The van der Waals surface area contributed by atoms with E-state index < -0.39 is 0 Å². The third kappa shape index (κ3) is 4.74. The van der Waals surface area contributed by atoms with E-state index in [1.54, 1.807) is 12.0 Å². The number of rotatable bonds is 7. The highest BCUT2D eigenvalue weighted by atomic mass is 16.5. The Hall–Kier alpha value is -2.12. The number of hydrogen-bond acceptors (Lipinski definition) is 5. The number of amides is 2. The lowest BCUT2D eigenvalue weighted by Gasteiger charge is -2.27. The predicted molar refractivity (Wildman–Crippen MR) is 100 cm³/mol. The van der Waals surface area contributed by atoms with Crippen molar-refractivity contribution in [3.63, 3.8) is 0 Å². The lowest BCUT2D eigenvalue weighted by Crippen LogP contribution is -2.44. The van der Waals surface area contributed by atoms with Gasteiger partial charge in [0.1, 0.15) is 5.75 Å². The van der Waals surface area contributed by atoms with Crippen LogP contribution in [0.15, 0.2) is 24.3 Å². The molecule has 26 heavy (non-hydrogen) atoms. The van der Waals surface area contributed by atoms with Gasteiger partial charge >= 0.3 is 0 Å². The number of nitrogens with zero attached hydrogens (tertiary/aromatic N) is 2. The van der Waals surface area contributed by atoms with Crippen LogP contribution in [0.2, 0.25) is 0 Å². The van der Waals surface area contributed by atoms with Gasteiger partial charge in [0.05, 0.1) is 13.0 Å². The Balaban J connectivity index is 1.42. The fraction of sp³-hybridized carbons (Fsp3) is 0.579. The lowest BCUT2D eigenvalue weighted by atomic mass is 10.1. The maximum absolute atomic E-state index is 12.4. The zero-order chi connectivity index (χ0) is 18.4. The topological polar surface area (TPSA) is 73.9 Å². The molecule has 3 rings (SSSR count). The third-order valence-corrected chi connectivity index (χ3v) is 5.04. The summed E-state index contributed by atoms with van der Waals surface area (Å²) < 4.78 is 5.14. The van der Waals surface area contributed by atoms with Gasteiger partial charge in [0.25, 0.3) is 0 Å². The van der Waals surface area contributed by atoms with Gasteiger partial charge in [-0.2, -0.15) is 0 Å². The smallest absolute Gasteiger partial charge is 0.227 e. The van der Waals surface area contributed by atoms with Gasteiger partial charge in [-0.05, 0) is 37.2 Å². The number of carbonyl (C=O) groups excluding carboxylic acids is 2. The number of benzene rings is 1. The average Bonchev–Trinajstić information content (AvgIpc) is 3.08. The molecule has 0 aliphatic carbocycles. The molecule has 7 nitrogen and oxygen atoms in total. The van der Waals surface area contributed by atoms with E-state index in [0.29, 0.717) is 13.1 Å². The molecule has 1 unspecified atom stereocenters. The summed E-state index contributed by atoms with van der Waals surface area (Å²) in [6.45, 7) is 6.33. The van der Waals surface area contributed by atoms with E-state index in [0.717, 1.165) is 50.6 Å². The second kappa shape index (κ2) is 9.00. The van der Waals surface area contributed by atoms with E-state index in [1.165, 1.54) is 0 Å². The zero-order valence-corrected chi connectivity index (χ0v) is 15.4. The largest absolute Gasteiger partial charge is 0.497 e. The van der Waals surface area contributed by atoms with Crippen LogP contribution in [0.5, 0.6) is 5.75 Å². The average molecular weight is 360 g/mol. The molecule has 0 spiro atoms. The lowest BCUT2D eigenvalue weighted by molar-refractivity contribution is -0.126. The van der Waals surface area contributed by atoms with E-state index in [-0.39, 0.29) is 24.2 Å². The maximum Gasteiger partial charge on any atom is 0.227 e. The summed E-state index contributed by atoms with van der Waals surface area (Å²) >= 11 is 0. The maximum atomic E-state index is 12.4. The fourth-order valence-electron chi connectivity index (χ4n) is 3.49. The summed E-state index contributed by atoms with van der Waals surface area (Å²) in [7, 11) is 1.61. The van der Waals surface area contributed by atoms with Gasteiger partial charge < -0.3 is 25.2 Å². The molecule has 0 radical (unpaired) electrons. The standard InChI is InChI=1S/C19H28N4O3/c1-26-17-5-3-16(4-6-17)23-14-15(13-18(23)24)19(25)21-7-2-10-22-11-8-20-9-12-22/h3-6,15,20H,2,7-14H2,1H3,(H,21,25). The fourth-order valence-corrected chi connectivity index (χ4v) is 3.49. The van der Waals surface area contributed by atoms with Crippen LogP contribution in [0.1, 0.15) is 12.8 Å². The molecule has 2 N–H and O–H groups in total. The highest BCUT2D eigenvalue weighted by Gasteiger charge is 2.34. The number of carbonyl (C=O) groups is 2. The summed E-state index contributed by atoms with van der Waals surface area (Å²) in [6, 6.07) is 7.35. The number of piperazine rings is 1. The van der Waals surface area contributed by atoms with Crippen molar-refractivity contribution in [3.05, 3.63) is 24.3 Å². The van der Waals surface area contributed by atoms with Crippen LogP contribution in [0.4, 0.5) is 5.69 Å². The van der Waals surface area contributed by atoms with E-state index in [2.05, 4.69) is 15.5 Å². The molecule has 142 valence electrons. The first-order valence-electron chi connectivity index (χ1n) is 9.32. The monoisotopic (exact) mass is 360 g/mol. The van der Waals surface area contributed by atoms with Crippen molar-refractivity contribution in [2.24, 2.45) is 5.92 Å². The minimum Gasteiger partial charge on any atom is -0.497 e. The number of nitrogens with one attached hydrogen (secondary N) is 2. The SMILES string of the molecule is COc1ccc(N2CC(C(=O)NCCCN3CCNCC3)CC2=O)cc1. The molecular weight excluding hydrogens is 332 g/mol. The predicted octanol–water partition coefficient (Wildman–Crippen LogP) is 0.460. The number of hydrogen-bond donors (Lipinski definition) is 2. The quantitative estimate of drug-likeness (QED) is 0.691. The summed E-state index contributed by atoms with van der Waals surface area (Å²) in [6.07, 6.45) is 1.21. The Morgan fingerprint density at radius 2 is 2.00 bits per heavy atom. The Morgan fingerprint density at radius 1 is 1.27 bits per heavy atom. The molecule has 2 aliphatic rings. The normalized spacial score (nSPS) is 21.0. The molecule has 0 aromatic heterocycles. The van der Waals surface area contributed by atoms with Crippen LogP contribution in [0.25, 0.3) is 0 Å². The van der Waals surface area contributed by atoms with Crippen LogP contribution >= 0.6 is 0 Å². The highest BCUT2D eigenvalue weighted by molar-refractivity contribution is 6.00. The Labute approximate surface area is 154 Å². The van der Waals surface area contributed by atoms with E-state index in [9.17, 15) is 9.59 Å². The van der Waals surface area contributed by atoms with E-state index >= 15 is 0 Å². The zero-order valence-electron chi connectivity index (χ0n) is 15.4. The molecule has 1 atom stereocenters. The van der Waals surface area contributed by atoms with Crippen molar-refractivity contribution >= 4 is 17.5 Å². The molecule has 2 saturated heterocycles. The Morgan fingerprint density at radius 3 is 2.69 bits per heavy atom. The molecule has 7 heteroatoms. The first-order chi connectivity index (χ1) is 12.7. The molecule has 2 heterocycles. The van der Waals surface area contributed by atoms with Gasteiger partial charge in [0.2, 0.25) is 11.8 Å². The van der Waals surface area contributed by atoms with Gasteiger partial charge in [-0.15, -0.1) is 0 Å². The molecule has 1 aromatic rings. The second-order valence-electron chi connectivity index (χ2n) is 6.84. The van der Waals surface area contributed by atoms with Crippen LogP contribution < -0.4 is 20.3 Å². The van der Waals surface area contributed by atoms with Crippen molar-refractivity contribution < 1.29 is 14.3 Å². The van der Waals surface area contributed by atoms with Crippen molar-refractivity contribution in [2.45, 2.75) is 12.8 Å². The van der Waals surface area contributed by atoms with Gasteiger partial charge in [-0.25, -0.2) is 0 Å². The van der Waals surface area contributed by atoms with Crippen LogP contribution in [0.3, 0.4) is 0 Å². The van der Waals surface area contributed by atoms with Crippen molar-refractivity contribution in [3.8, 4) is 5.75 Å². The number of anilines is 1. The Kier molecular flexibility index (Phi) is 6.46. The molecule has 0 saturated carbocycles. The molecular formula is C19H28N4O3. The molecule has 2 fully saturated rings. The molecule has 2 amide bonds. The van der Waals surface area contributed by atoms with Crippen molar-refractivity contribution in [1.29, 1.82) is 0 Å². The Bertz CT molecular complexity index is 614. The third-order valence-electron chi connectivity index (χ3n) is 5.04. The highest BCUT2D eigenvalue weighted by Crippen LogP contribution is 2.26. The molecule has 0 bridgehead atoms. The first-order valence-corrected chi connectivity index (χ1v) is 9.32. The second-order valence-corrected chi connectivity index (χ2v) is 6.84. The van der Waals surface area contributed by atoms with Gasteiger partial charge in [0, 0.05) is 51.4 Å². The number of methoxy groups -OCH3 is 1. The van der Waals surface area contributed by atoms with E-state index in [1.807, 2.05) is 24.3 Å². The van der Waals surface area contributed by atoms with E-state index in [4.69, 9.17) is 4.74 Å². The summed E-state index contributed by atoms with van der Waals surface area (Å²) in [5.41, 5.74) is 0.810. The van der Waals surface area contributed by atoms with Gasteiger partial charge in [0.15, 0.2) is 0 Å². The van der Waals surface area contributed by atoms with Crippen molar-refractivity contribution in [2.75, 3.05) is 57.8 Å². The summed E-state index contributed by atoms with van der Waals surface area (Å²) in [5.74, 6) is 0.453. The molecule has 1 aromatic carbocycles. The first kappa shape index (κ1) is 18.7. The summed E-state index contributed by atoms with van der Waals surface area (Å²) in [5, 5.41) is 6.33.